The first-order valence-corrected chi connectivity index (χ1v) is 7.24. The molecule has 1 aliphatic rings. The molecular formula is C15H33IN4. The van der Waals surface area contributed by atoms with E-state index in [0.29, 0.717) is 5.41 Å². The van der Waals surface area contributed by atoms with Gasteiger partial charge in [-0.2, -0.15) is 0 Å². The van der Waals surface area contributed by atoms with Gasteiger partial charge in [0.15, 0.2) is 5.96 Å². The number of hydrogen-bond donors (Lipinski definition) is 2. The van der Waals surface area contributed by atoms with Gasteiger partial charge in [-0.15, -0.1) is 24.0 Å². The summed E-state index contributed by atoms with van der Waals surface area (Å²) < 4.78 is 0. The van der Waals surface area contributed by atoms with Crippen LogP contribution in [-0.2, 0) is 0 Å². The van der Waals surface area contributed by atoms with Crippen molar-refractivity contribution in [1.82, 2.24) is 15.5 Å². The van der Waals surface area contributed by atoms with E-state index < -0.39 is 0 Å². The van der Waals surface area contributed by atoms with Crippen molar-refractivity contribution in [3.05, 3.63) is 0 Å². The van der Waals surface area contributed by atoms with E-state index in [0.717, 1.165) is 25.6 Å². The minimum absolute atomic E-state index is 0. The van der Waals surface area contributed by atoms with Crippen molar-refractivity contribution in [3.8, 4) is 0 Å². The predicted molar refractivity (Wildman–Crippen MR) is 99.1 cm³/mol. The molecule has 1 heterocycles. The maximum absolute atomic E-state index is 4.41. The third-order valence-corrected chi connectivity index (χ3v) is 4.42. The van der Waals surface area contributed by atoms with Gasteiger partial charge in [-0.3, -0.25) is 4.99 Å². The average molecular weight is 396 g/mol. The fraction of sp³-hybridized carbons (Fsp3) is 0.933. The number of halogens is 1. The monoisotopic (exact) mass is 396 g/mol. The van der Waals surface area contributed by atoms with Gasteiger partial charge >= 0.3 is 0 Å². The van der Waals surface area contributed by atoms with E-state index in [-0.39, 0.29) is 35.1 Å². The molecule has 0 atom stereocenters. The lowest BCUT2D eigenvalue weighted by atomic mass is 9.65. The van der Waals surface area contributed by atoms with E-state index >= 15 is 0 Å². The van der Waals surface area contributed by atoms with Crippen molar-refractivity contribution in [3.63, 3.8) is 0 Å². The Labute approximate surface area is 142 Å². The van der Waals surface area contributed by atoms with Gasteiger partial charge in [0.25, 0.3) is 0 Å². The molecule has 0 radical (unpaired) electrons. The number of rotatable bonds is 3. The summed E-state index contributed by atoms with van der Waals surface area (Å²) in [6, 6.07) is 0. The van der Waals surface area contributed by atoms with E-state index in [1.54, 1.807) is 0 Å². The molecule has 120 valence electrons. The third-order valence-electron chi connectivity index (χ3n) is 4.42. The van der Waals surface area contributed by atoms with Gasteiger partial charge in [-0.25, -0.2) is 0 Å². The quantitative estimate of drug-likeness (QED) is 0.334. The molecule has 1 fully saturated rings. The first-order valence-electron chi connectivity index (χ1n) is 7.24. The van der Waals surface area contributed by atoms with Gasteiger partial charge in [0.05, 0.1) is 0 Å². The second-order valence-electron chi connectivity index (χ2n) is 7.68. The molecule has 0 aromatic heterocycles. The van der Waals surface area contributed by atoms with Gasteiger partial charge in [-0.05, 0) is 34.6 Å². The van der Waals surface area contributed by atoms with Crippen LogP contribution < -0.4 is 10.6 Å². The van der Waals surface area contributed by atoms with Gasteiger partial charge in [-0.1, -0.05) is 13.8 Å². The summed E-state index contributed by atoms with van der Waals surface area (Å²) in [4.78, 5) is 6.77. The highest BCUT2D eigenvalue weighted by Gasteiger charge is 2.53. The lowest BCUT2D eigenvalue weighted by Crippen LogP contribution is -2.72. The molecule has 4 nitrogen and oxygen atoms in total. The van der Waals surface area contributed by atoms with Crippen LogP contribution in [0.3, 0.4) is 0 Å². The van der Waals surface area contributed by atoms with Crippen LogP contribution in [0.2, 0.25) is 0 Å². The summed E-state index contributed by atoms with van der Waals surface area (Å²) in [5, 5.41) is 6.93. The predicted octanol–water partition coefficient (Wildman–Crippen LogP) is 2.69. The Hall–Kier alpha value is -0.0400. The lowest BCUT2D eigenvalue weighted by molar-refractivity contribution is -0.0666. The Bertz CT molecular complexity index is 342. The fourth-order valence-corrected chi connectivity index (χ4v) is 2.31. The molecule has 1 aliphatic heterocycles. The molecule has 1 rings (SSSR count). The molecule has 20 heavy (non-hydrogen) atoms. The minimum atomic E-state index is 0. The lowest BCUT2D eigenvalue weighted by Gasteiger charge is -2.62. The van der Waals surface area contributed by atoms with Crippen LogP contribution in [-0.4, -0.2) is 48.6 Å². The number of hydrogen-bond acceptors (Lipinski definition) is 2. The Morgan fingerprint density at radius 3 is 2.05 bits per heavy atom. The smallest absolute Gasteiger partial charge is 0.194 e. The highest BCUT2D eigenvalue weighted by atomic mass is 127. The Morgan fingerprint density at radius 1 is 1.15 bits per heavy atom. The summed E-state index contributed by atoms with van der Waals surface area (Å²) in [6.07, 6.45) is 0. The molecule has 0 amide bonds. The second-order valence-corrected chi connectivity index (χ2v) is 7.68. The summed E-state index contributed by atoms with van der Waals surface area (Å²) >= 11 is 0. The number of guanidine groups is 1. The maximum Gasteiger partial charge on any atom is 0.194 e. The zero-order valence-corrected chi connectivity index (χ0v) is 16.8. The molecule has 0 saturated carbocycles. The molecule has 0 aliphatic carbocycles. The molecule has 0 spiro atoms. The summed E-state index contributed by atoms with van der Waals surface area (Å²) in [7, 11) is 1.86. The zero-order valence-electron chi connectivity index (χ0n) is 14.4. The number of likely N-dealkylation sites (tertiary alicyclic amines) is 1. The van der Waals surface area contributed by atoms with Gasteiger partial charge in [0.2, 0.25) is 0 Å². The fourth-order valence-electron chi connectivity index (χ4n) is 2.31. The molecule has 5 heteroatoms. The Kier molecular flexibility index (Phi) is 6.80. The number of aliphatic imine (C=N–C) groups is 1. The van der Waals surface area contributed by atoms with Crippen LogP contribution >= 0.6 is 24.0 Å². The van der Waals surface area contributed by atoms with Crippen molar-refractivity contribution < 1.29 is 0 Å². The van der Waals surface area contributed by atoms with Crippen LogP contribution in [0.5, 0.6) is 0 Å². The van der Waals surface area contributed by atoms with Gasteiger partial charge in [0, 0.05) is 43.2 Å². The normalized spacial score (nSPS) is 21.0. The molecule has 1 saturated heterocycles. The topological polar surface area (TPSA) is 39.7 Å². The van der Waals surface area contributed by atoms with E-state index in [4.69, 9.17) is 0 Å². The van der Waals surface area contributed by atoms with E-state index in [1.807, 2.05) is 7.05 Å². The maximum atomic E-state index is 4.41. The largest absolute Gasteiger partial charge is 0.355 e. The first kappa shape index (κ1) is 20.0. The van der Waals surface area contributed by atoms with Crippen molar-refractivity contribution in [2.24, 2.45) is 10.4 Å². The molecule has 0 aromatic rings. The van der Waals surface area contributed by atoms with Crippen molar-refractivity contribution in [2.45, 2.75) is 59.5 Å². The van der Waals surface area contributed by atoms with Crippen LogP contribution in [0.25, 0.3) is 0 Å². The third kappa shape index (κ3) is 4.48. The average Bonchev–Trinajstić information content (AvgIpc) is 2.25. The van der Waals surface area contributed by atoms with Crippen molar-refractivity contribution >= 4 is 29.9 Å². The number of nitrogens with zero attached hydrogens (tertiary/aromatic N) is 2. The van der Waals surface area contributed by atoms with Crippen LogP contribution in [0, 0.1) is 5.41 Å². The standard InChI is InChI=1S/C15H32N4.HI/c1-13(2,3)18-10-9-17-12(16-8)19-11-14(4,5)15(19,6)7;/h18H,9-11H2,1-8H3,(H,16,17);1H. The molecular weight excluding hydrogens is 363 g/mol. The van der Waals surface area contributed by atoms with Crippen LogP contribution in [0.4, 0.5) is 0 Å². The molecule has 0 unspecified atom stereocenters. The van der Waals surface area contributed by atoms with E-state index in [2.05, 4.69) is 69.0 Å². The highest BCUT2D eigenvalue weighted by molar-refractivity contribution is 14.0. The minimum Gasteiger partial charge on any atom is -0.355 e. The van der Waals surface area contributed by atoms with Crippen LogP contribution in [0.15, 0.2) is 4.99 Å². The molecule has 2 N–H and O–H groups in total. The van der Waals surface area contributed by atoms with Crippen molar-refractivity contribution in [2.75, 3.05) is 26.7 Å². The Balaban J connectivity index is 0.00000361. The summed E-state index contributed by atoms with van der Waals surface area (Å²) in [5.74, 6) is 1.01. The second kappa shape index (κ2) is 6.81. The van der Waals surface area contributed by atoms with E-state index in [1.165, 1.54) is 0 Å². The number of nitrogens with one attached hydrogen (secondary N) is 2. The summed E-state index contributed by atoms with van der Waals surface area (Å²) in [5.41, 5.74) is 0.670. The van der Waals surface area contributed by atoms with Crippen LogP contribution in [0.1, 0.15) is 48.5 Å². The Morgan fingerprint density at radius 2 is 1.70 bits per heavy atom. The summed E-state index contributed by atoms with van der Waals surface area (Å²) in [6.45, 7) is 18.7. The van der Waals surface area contributed by atoms with Gasteiger partial charge in [0.1, 0.15) is 0 Å². The van der Waals surface area contributed by atoms with Gasteiger partial charge < -0.3 is 15.5 Å². The molecule has 0 aromatic carbocycles. The SMILES string of the molecule is CN=C(NCCNC(C)(C)C)N1CC(C)(C)C1(C)C.I. The zero-order chi connectivity index (χ0) is 14.9. The van der Waals surface area contributed by atoms with E-state index in [9.17, 15) is 0 Å². The van der Waals surface area contributed by atoms with Crippen molar-refractivity contribution in [1.29, 1.82) is 0 Å². The molecule has 0 bridgehead atoms. The highest BCUT2D eigenvalue weighted by Crippen LogP contribution is 2.46. The first-order chi connectivity index (χ1) is 8.51.